The van der Waals surface area contributed by atoms with Gasteiger partial charge < -0.3 is 0 Å². The Morgan fingerprint density at radius 3 is 1.10 bits per heavy atom. The molecular formula is C66H84Cl2SiZr. The average Bonchev–Trinajstić information content (AvgIpc) is 3.91. The first-order valence-corrected chi connectivity index (χ1v) is 42.7. The zero-order valence-electron chi connectivity index (χ0n) is 43.0. The topological polar surface area (TPSA) is 0 Å². The Kier molecular flexibility index (Phi) is 12.9. The van der Waals surface area contributed by atoms with E-state index >= 15 is 0 Å². The molecule has 12 aliphatic rings. The molecule has 0 amide bonds. The van der Waals surface area contributed by atoms with Crippen molar-refractivity contribution in [3.05, 3.63) is 129 Å². The molecule has 370 valence electrons. The van der Waals surface area contributed by atoms with Crippen LogP contribution in [0.25, 0.3) is 34.4 Å². The third-order valence-corrected chi connectivity index (χ3v) is 39.9. The van der Waals surface area contributed by atoms with Gasteiger partial charge in [0.1, 0.15) is 0 Å². The van der Waals surface area contributed by atoms with Crippen LogP contribution in [0.2, 0.25) is 9.26 Å². The first-order chi connectivity index (χ1) is 33.0. The minimum atomic E-state index is -3.91. The molecule has 2 unspecified atom stereocenters. The fourth-order valence-electron chi connectivity index (χ4n) is 20.6. The van der Waals surface area contributed by atoms with E-state index in [1.165, 1.54) is 176 Å². The van der Waals surface area contributed by atoms with Crippen LogP contribution < -0.4 is 0 Å². The van der Waals surface area contributed by atoms with Crippen molar-refractivity contribution in [3.8, 4) is 22.3 Å². The van der Waals surface area contributed by atoms with Crippen LogP contribution in [0.5, 0.6) is 0 Å². The Hall–Kier alpha value is -1.96. The molecule has 0 aromatic heterocycles. The van der Waals surface area contributed by atoms with E-state index < -0.39 is 17.4 Å². The van der Waals surface area contributed by atoms with Gasteiger partial charge in [-0.3, -0.25) is 0 Å². The van der Waals surface area contributed by atoms with Gasteiger partial charge in [-0.2, -0.15) is 0 Å². The van der Waals surface area contributed by atoms with Gasteiger partial charge in [0, 0.05) is 0 Å². The van der Waals surface area contributed by atoms with Crippen LogP contribution in [0.1, 0.15) is 195 Å². The van der Waals surface area contributed by atoms with Gasteiger partial charge in [-0.25, -0.2) is 0 Å². The van der Waals surface area contributed by atoms with E-state index in [4.69, 9.17) is 0 Å². The van der Waals surface area contributed by atoms with Crippen LogP contribution in [-0.4, -0.2) is 6.88 Å². The Bertz CT molecular complexity index is 2500. The zero-order chi connectivity index (χ0) is 45.4. The van der Waals surface area contributed by atoms with E-state index in [1.807, 2.05) is 11.1 Å². The molecule has 10 fully saturated rings. The molecule has 16 rings (SSSR count). The van der Waals surface area contributed by atoms with Gasteiger partial charge in [-0.1, -0.05) is 0 Å². The average molecular weight is 1070 g/mol. The predicted octanol–water partition coefficient (Wildman–Crippen LogP) is 18.7. The van der Waals surface area contributed by atoms with Crippen LogP contribution in [0, 0.1) is 47.3 Å². The Labute approximate surface area is 438 Å². The summed E-state index contributed by atoms with van der Waals surface area (Å²) in [6.45, 7) is 2.62. The molecule has 0 spiro atoms. The molecule has 4 heteroatoms. The third kappa shape index (κ3) is 8.25. The van der Waals surface area contributed by atoms with E-state index in [-0.39, 0.29) is 24.8 Å². The third-order valence-electron chi connectivity index (χ3n) is 22.4. The molecule has 0 nitrogen and oxygen atoms in total. The number of benzene rings is 4. The van der Waals surface area contributed by atoms with Gasteiger partial charge in [0.15, 0.2) is 0 Å². The van der Waals surface area contributed by atoms with Crippen molar-refractivity contribution < 1.29 is 17.4 Å². The maximum atomic E-state index is 2.96. The van der Waals surface area contributed by atoms with Crippen molar-refractivity contribution in [1.29, 1.82) is 0 Å². The fraction of sp³-hybridized carbons (Fsp3) is 0.576. The second kappa shape index (κ2) is 18.4. The summed E-state index contributed by atoms with van der Waals surface area (Å²) < 4.78 is 7.07. The molecular weight excluding hydrogens is 983 g/mol. The number of fused-ring (bicyclic) bond motifs is 2. The molecule has 4 aromatic carbocycles. The number of allylic oxidation sites excluding steroid dienone is 2. The summed E-state index contributed by atoms with van der Waals surface area (Å²) in [5.41, 5.74) is 20.4. The van der Waals surface area contributed by atoms with Crippen molar-refractivity contribution in [3.63, 3.8) is 0 Å². The first kappa shape index (κ1) is 48.9. The van der Waals surface area contributed by atoms with Crippen molar-refractivity contribution in [2.45, 2.75) is 181 Å². The van der Waals surface area contributed by atoms with Crippen molar-refractivity contribution in [1.82, 2.24) is 0 Å². The maximum absolute atomic E-state index is 3.91. The van der Waals surface area contributed by atoms with Crippen LogP contribution in [0.15, 0.2) is 96.1 Å². The normalized spacial score (nSPS) is 34.1. The molecule has 0 radical (unpaired) electrons. The van der Waals surface area contributed by atoms with Crippen LogP contribution in [0.4, 0.5) is 0 Å². The van der Waals surface area contributed by atoms with E-state index in [0.29, 0.717) is 18.1 Å². The Morgan fingerprint density at radius 2 is 0.771 bits per heavy atom. The van der Waals surface area contributed by atoms with Gasteiger partial charge in [0.25, 0.3) is 0 Å². The second-order valence-corrected chi connectivity index (χ2v) is 58.3. The van der Waals surface area contributed by atoms with Gasteiger partial charge in [-0.15, -0.1) is 24.8 Å². The Morgan fingerprint density at radius 1 is 0.443 bits per heavy atom. The SMILES string of the molecule is Cl.Cl.[CH3][Zr]([CH3])(=[SiH2])([CH]1C(CC2CCCCC2)=Cc2c(-c3ccc(C45CC6CC(CC(C6)C4)C5)cc3)cccc21)[CH]1C(CC2CCCCC2)=Cc2c(-c3ccc(C45CC6CC(CC(C6)C4)C5)cc3)cccc21. The number of halogens is 2. The van der Waals surface area contributed by atoms with Crippen molar-refractivity contribution in [2.24, 2.45) is 47.3 Å². The van der Waals surface area contributed by atoms with Gasteiger partial charge in [-0.05, 0) is 0 Å². The first-order valence-electron chi connectivity index (χ1n) is 29.0. The molecule has 2 atom stereocenters. The van der Waals surface area contributed by atoms with Crippen LogP contribution in [0.3, 0.4) is 0 Å². The summed E-state index contributed by atoms with van der Waals surface area (Å²) in [5.74, 6) is 7.58. The summed E-state index contributed by atoms with van der Waals surface area (Å²) in [5, 5.41) is 0. The monoisotopic (exact) mass is 1060 g/mol. The van der Waals surface area contributed by atoms with Crippen molar-refractivity contribution >= 4 is 43.8 Å². The van der Waals surface area contributed by atoms with E-state index in [1.54, 1.807) is 33.4 Å². The summed E-state index contributed by atoms with van der Waals surface area (Å²) >= 11 is -3.91. The second-order valence-electron chi connectivity index (χ2n) is 27.8. The quantitative estimate of drug-likeness (QED) is 0.139. The van der Waals surface area contributed by atoms with E-state index in [9.17, 15) is 0 Å². The predicted molar refractivity (Wildman–Crippen MR) is 302 cm³/mol. The van der Waals surface area contributed by atoms with Gasteiger partial charge >= 0.3 is 417 Å². The molecule has 4 aromatic rings. The summed E-state index contributed by atoms with van der Waals surface area (Å²) in [7, 11) is 0. The molecule has 0 saturated heterocycles. The molecule has 8 bridgehead atoms. The molecule has 10 saturated carbocycles. The fourth-order valence-corrected chi connectivity index (χ4v) is 40.3. The molecule has 0 aliphatic heterocycles. The molecule has 70 heavy (non-hydrogen) atoms. The van der Waals surface area contributed by atoms with Crippen LogP contribution >= 0.6 is 24.8 Å². The van der Waals surface area contributed by atoms with E-state index in [0.717, 1.165) is 47.3 Å². The molecule has 0 heterocycles. The minimum absolute atomic E-state index is 0. The Balaban J connectivity index is 0.00000252. The van der Waals surface area contributed by atoms with Crippen molar-refractivity contribution in [2.75, 3.05) is 0 Å². The summed E-state index contributed by atoms with van der Waals surface area (Å²) in [4.78, 5) is 0. The summed E-state index contributed by atoms with van der Waals surface area (Å²) in [6.07, 6.45) is 40.4. The molecule has 0 N–H and O–H groups in total. The molecule has 12 aliphatic carbocycles. The number of hydrogen-bond acceptors (Lipinski definition) is 0. The zero-order valence-corrected chi connectivity index (χ0v) is 48.5. The number of hydrogen-bond donors (Lipinski definition) is 0. The van der Waals surface area contributed by atoms with Gasteiger partial charge in [0.05, 0.1) is 0 Å². The standard InChI is InChI=1S/2C32H37.2CH3.2ClH.H2Si.Zr/c2*1-2-5-22(6-3-1)13-23-17-28-7-4-8-30(31(28)18-23)27-9-11-29(12-10-27)32-19-24-14-25(20-32)16-26(15-24)21-32;;;;;;/h2*4,7-12,17-18,22,24-26H,1-3,5-6,13-16,19-21H2;2*1H3;2*1H;1H2;. The van der Waals surface area contributed by atoms with Crippen LogP contribution in [-0.2, 0) is 28.2 Å². The van der Waals surface area contributed by atoms with E-state index in [2.05, 4.69) is 113 Å². The van der Waals surface area contributed by atoms with Gasteiger partial charge in [0.2, 0.25) is 0 Å². The summed E-state index contributed by atoms with van der Waals surface area (Å²) in [6, 6.07) is 35.9. The number of rotatable bonds is 10.